The monoisotopic (exact) mass is 382 g/mol. The molecule has 1 aliphatic carbocycles. The lowest BCUT2D eigenvalue weighted by molar-refractivity contribution is -0.598. The van der Waals surface area contributed by atoms with Crippen LogP contribution in [-0.4, -0.2) is 48.2 Å². The zero-order valence-corrected chi connectivity index (χ0v) is 16.3. The summed E-state index contributed by atoms with van der Waals surface area (Å²) in [5.74, 6) is 1.48. The van der Waals surface area contributed by atoms with Gasteiger partial charge in [0, 0.05) is 24.0 Å². The molecule has 0 spiro atoms. The molecule has 3 rings (SSSR count). The fraction of sp³-hybridized carbons (Fsp3) is 0.364. The van der Waals surface area contributed by atoms with E-state index in [1.165, 1.54) is 0 Å². The van der Waals surface area contributed by atoms with Crippen molar-refractivity contribution in [2.24, 2.45) is 0 Å². The van der Waals surface area contributed by atoms with E-state index in [0.717, 1.165) is 44.9 Å². The van der Waals surface area contributed by atoms with Crippen molar-refractivity contribution in [2.75, 3.05) is 14.2 Å². The maximum Gasteiger partial charge on any atom is 0.224 e. The molecule has 0 N–H and O–H groups in total. The standard InChI is InChI=1S/C22H26N2O4/c1-27-19-11-7-17(8-12-19)15-23(25)21-5-3-4-6-22(21)24(26)16-18-9-13-20(28-2)14-10-18/h7-16,21-22H,3-6H2,1-2H3/b23-15-,24-16-/t21-,22-/m1/s1. The van der Waals surface area contributed by atoms with Crippen molar-refractivity contribution < 1.29 is 19.0 Å². The quantitative estimate of drug-likeness (QED) is 0.331. The van der Waals surface area contributed by atoms with Gasteiger partial charge in [-0.1, -0.05) is 0 Å². The van der Waals surface area contributed by atoms with E-state index in [9.17, 15) is 10.4 Å². The first kappa shape index (κ1) is 19.7. The van der Waals surface area contributed by atoms with Gasteiger partial charge in [0.1, 0.15) is 11.5 Å². The van der Waals surface area contributed by atoms with Gasteiger partial charge in [0.2, 0.25) is 12.1 Å². The number of rotatable bonds is 6. The first-order chi connectivity index (χ1) is 13.6. The lowest BCUT2D eigenvalue weighted by Gasteiger charge is -2.28. The van der Waals surface area contributed by atoms with Gasteiger partial charge in [-0.25, -0.2) is 9.48 Å². The molecular weight excluding hydrogens is 356 g/mol. The van der Waals surface area contributed by atoms with Gasteiger partial charge in [0.25, 0.3) is 0 Å². The van der Waals surface area contributed by atoms with Crippen molar-refractivity contribution in [3.05, 3.63) is 70.1 Å². The molecule has 148 valence electrons. The minimum Gasteiger partial charge on any atom is -0.623 e. The second-order valence-electron chi connectivity index (χ2n) is 6.94. The molecule has 1 aliphatic rings. The number of hydroxylamine groups is 2. The van der Waals surface area contributed by atoms with Crippen LogP contribution in [0.1, 0.15) is 36.8 Å². The third-order valence-corrected chi connectivity index (χ3v) is 5.13. The summed E-state index contributed by atoms with van der Waals surface area (Å²) in [6.07, 6.45) is 6.43. The number of hydrogen-bond acceptors (Lipinski definition) is 4. The third-order valence-electron chi connectivity index (χ3n) is 5.13. The van der Waals surface area contributed by atoms with Crippen LogP contribution in [0.3, 0.4) is 0 Å². The molecule has 6 nitrogen and oxygen atoms in total. The minimum atomic E-state index is -0.372. The Kier molecular flexibility index (Phi) is 6.53. The second-order valence-corrected chi connectivity index (χ2v) is 6.94. The number of methoxy groups -OCH3 is 2. The summed E-state index contributed by atoms with van der Waals surface area (Å²) in [6.45, 7) is 0. The van der Waals surface area contributed by atoms with Gasteiger partial charge in [-0.2, -0.15) is 0 Å². The molecule has 0 radical (unpaired) electrons. The van der Waals surface area contributed by atoms with Gasteiger partial charge in [-0.15, -0.1) is 0 Å². The lowest BCUT2D eigenvalue weighted by Crippen LogP contribution is -2.44. The van der Waals surface area contributed by atoms with E-state index < -0.39 is 0 Å². The average molecular weight is 382 g/mol. The molecule has 0 heterocycles. The predicted octanol–water partition coefficient (Wildman–Crippen LogP) is 3.57. The highest BCUT2D eigenvalue weighted by molar-refractivity contribution is 5.76. The number of nitrogens with zero attached hydrogens (tertiary/aromatic N) is 2. The lowest BCUT2D eigenvalue weighted by atomic mass is 9.90. The van der Waals surface area contributed by atoms with E-state index in [2.05, 4.69) is 0 Å². The Morgan fingerprint density at radius 3 is 1.39 bits per heavy atom. The third kappa shape index (κ3) is 4.82. The van der Waals surface area contributed by atoms with Crippen LogP contribution in [0.4, 0.5) is 0 Å². The smallest absolute Gasteiger partial charge is 0.224 e. The van der Waals surface area contributed by atoms with Gasteiger partial charge in [-0.05, 0) is 61.4 Å². The molecule has 0 aliphatic heterocycles. The van der Waals surface area contributed by atoms with Crippen molar-refractivity contribution in [3.63, 3.8) is 0 Å². The van der Waals surface area contributed by atoms with Crippen LogP contribution in [0, 0.1) is 10.4 Å². The molecule has 2 atom stereocenters. The fourth-order valence-electron chi connectivity index (χ4n) is 3.55. The van der Waals surface area contributed by atoms with Crippen molar-refractivity contribution in [3.8, 4) is 11.5 Å². The highest BCUT2D eigenvalue weighted by Crippen LogP contribution is 2.23. The fourth-order valence-corrected chi connectivity index (χ4v) is 3.55. The van der Waals surface area contributed by atoms with E-state index >= 15 is 0 Å². The van der Waals surface area contributed by atoms with Crippen molar-refractivity contribution in [1.82, 2.24) is 0 Å². The average Bonchev–Trinajstić information content (AvgIpc) is 2.74. The second kappa shape index (κ2) is 9.26. The summed E-state index contributed by atoms with van der Waals surface area (Å²) in [6, 6.07) is 13.8. The van der Waals surface area contributed by atoms with Gasteiger partial charge in [-0.3, -0.25) is 0 Å². The summed E-state index contributed by atoms with van der Waals surface area (Å²) in [4.78, 5) is 0. The van der Waals surface area contributed by atoms with E-state index in [1.807, 2.05) is 48.5 Å². The molecule has 0 unspecified atom stereocenters. The molecule has 0 bridgehead atoms. The Morgan fingerprint density at radius 2 is 1.07 bits per heavy atom. The van der Waals surface area contributed by atoms with E-state index in [0.29, 0.717) is 12.8 Å². The topological polar surface area (TPSA) is 70.6 Å². The molecule has 1 saturated carbocycles. The molecule has 6 heteroatoms. The van der Waals surface area contributed by atoms with Gasteiger partial charge in [0.15, 0.2) is 12.4 Å². The minimum absolute atomic E-state index is 0.372. The summed E-state index contributed by atoms with van der Waals surface area (Å²) in [5.41, 5.74) is 1.58. The number of benzene rings is 2. The summed E-state index contributed by atoms with van der Waals surface area (Å²) in [7, 11) is 3.21. The molecule has 0 saturated heterocycles. The molecular formula is C22H26N2O4. The van der Waals surface area contributed by atoms with Crippen LogP contribution in [0.2, 0.25) is 0 Å². The van der Waals surface area contributed by atoms with Crippen molar-refractivity contribution >= 4 is 12.4 Å². The maximum absolute atomic E-state index is 12.8. The molecule has 0 aromatic heterocycles. The van der Waals surface area contributed by atoms with Gasteiger partial charge >= 0.3 is 0 Å². The van der Waals surface area contributed by atoms with E-state index in [4.69, 9.17) is 9.47 Å². The van der Waals surface area contributed by atoms with Crippen LogP contribution >= 0.6 is 0 Å². The molecule has 1 fully saturated rings. The highest BCUT2D eigenvalue weighted by atomic mass is 16.5. The number of ether oxygens (including phenoxy) is 2. The molecule has 2 aromatic rings. The maximum atomic E-state index is 12.8. The normalized spacial score (nSPS) is 20.6. The summed E-state index contributed by atoms with van der Waals surface area (Å²) < 4.78 is 12.2. The van der Waals surface area contributed by atoms with Crippen LogP contribution in [0.15, 0.2) is 48.5 Å². The zero-order chi connectivity index (χ0) is 19.9. The first-order valence-corrected chi connectivity index (χ1v) is 9.49. The first-order valence-electron chi connectivity index (χ1n) is 9.49. The Bertz CT molecular complexity index is 757. The van der Waals surface area contributed by atoms with Crippen LogP contribution in [-0.2, 0) is 0 Å². The Balaban J connectivity index is 1.79. The van der Waals surface area contributed by atoms with Crippen molar-refractivity contribution in [1.29, 1.82) is 0 Å². The van der Waals surface area contributed by atoms with Crippen LogP contribution < -0.4 is 9.47 Å². The van der Waals surface area contributed by atoms with Gasteiger partial charge < -0.3 is 19.9 Å². The zero-order valence-electron chi connectivity index (χ0n) is 16.3. The molecule has 2 aromatic carbocycles. The van der Waals surface area contributed by atoms with Crippen LogP contribution in [0.5, 0.6) is 11.5 Å². The Morgan fingerprint density at radius 1 is 0.714 bits per heavy atom. The van der Waals surface area contributed by atoms with Crippen LogP contribution in [0.25, 0.3) is 0 Å². The van der Waals surface area contributed by atoms with Crippen molar-refractivity contribution in [2.45, 2.75) is 37.8 Å². The number of hydrogen-bond donors (Lipinski definition) is 0. The molecule has 0 amide bonds. The summed E-state index contributed by atoms with van der Waals surface area (Å²) in [5, 5.41) is 25.6. The van der Waals surface area contributed by atoms with E-state index in [1.54, 1.807) is 26.6 Å². The predicted molar refractivity (Wildman–Crippen MR) is 110 cm³/mol. The SMILES string of the molecule is COc1ccc(/C=[N+](\[O-])[C@@H]2CCCC[C@H]2/[N+]([O-])=C/c2ccc(OC)cc2)cc1. The Labute approximate surface area is 165 Å². The summed E-state index contributed by atoms with van der Waals surface area (Å²) >= 11 is 0. The van der Waals surface area contributed by atoms with Gasteiger partial charge in [0.05, 0.1) is 14.2 Å². The van der Waals surface area contributed by atoms with E-state index in [-0.39, 0.29) is 12.1 Å². The molecule has 28 heavy (non-hydrogen) atoms. The largest absolute Gasteiger partial charge is 0.623 e. The Hall–Kier alpha value is -3.02. The highest BCUT2D eigenvalue weighted by Gasteiger charge is 2.37.